The lowest BCUT2D eigenvalue weighted by atomic mass is 10.0. The van der Waals surface area contributed by atoms with Crippen molar-refractivity contribution in [3.8, 4) is 17.1 Å². The van der Waals surface area contributed by atoms with E-state index in [9.17, 15) is 14.4 Å². The van der Waals surface area contributed by atoms with E-state index >= 15 is 0 Å². The molecular weight excluding hydrogens is 466 g/mol. The summed E-state index contributed by atoms with van der Waals surface area (Å²) in [6.07, 6.45) is 3.38. The highest BCUT2D eigenvalue weighted by Gasteiger charge is 2.23. The average Bonchev–Trinajstić information content (AvgIpc) is 3.29. The zero-order valence-corrected chi connectivity index (χ0v) is 20.6. The van der Waals surface area contributed by atoms with Gasteiger partial charge in [0.1, 0.15) is 11.4 Å². The monoisotopic (exact) mass is 491 g/mol. The van der Waals surface area contributed by atoms with Crippen molar-refractivity contribution in [3.05, 3.63) is 80.8 Å². The van der Waals surface area contributed by atoms with Crippen LogP contribution in [0.5, 0.6) is 0 Å². The van der Waals surface area contributed by atoms with Crippen molar-refractivity contribution in [2.45, 2.75) is 24.9 Å². The van der Waals surface area contributed by atoms with Gasteiger partial charge < -0.3 is 5.73 Å². The Kier molecular flexibility index (Phi) is 6.70. The lowest BCUT2D eigenvalue weighted by molar-refractivity contribution is 0.102. The number of benzene rings is 1. The third kappa shape index (κ3) is 4.42. The molecular formula is C24H25N7O3S. The zero-order chi connectivity index (χ0) is 25.3. The zero-order valence-electron chi connectivity index (χ0n) is 19.8. The largest absolute Gasteiger partial charge is 0.384 e. The molecule has 2 N–H and O–H groups in total. The van der Waals surface area contributed by atoms with Gasteiger partial charge in [0.15, 0.2) is 16.8 Å². The Hall–Kier alpha value is -3.99. The van der Waals surface area contributed by atoms with Crippen LogP contribution in [0.3, 0.4) is 0 Å². The first kappa shape index (κ1) is 24.1. The number of nitrogens with two attached hydrogens (primary N) is 1. The second-order valence-electron chi connectivity index (χ2n) is 8.27. The number of hydrogen-bond donors (Lipinski definition) is 1. The molecule has 0 aliphatic rings. The molecule has 4 aromatic rings. The summed E-state index contributed by atoms with van der Waals surface area (Å²) in [4.78, 5) is 42.0. The number of nitrogen functional groups attached to an aromatic ring is 1. The molecule has 0 bridgehead atoms. The Labute approximate surface area is 205 Å². The van der Waals surface area contributed by atoms with Gasteiger partial charge in [-0.15, -0.1) is 10.2 Å². The van der Waals surface area contributed by atoms with Crippen molar-refractivity contribution in [3.63, 3.8) is 0 Å². The van der Waals surface area contributed by atoms with E-state index in [0.29, 0.717) is 11.0 Å². The van der Waals surface area contributed by atoms with Crippen molar-refractivity contribution < 1.29 is 4.79 Å². The Balaban J connectivity index is 1.78. The highest BCUT2D eigenvalue weighted by Crippen LogP contribution is 2.32. The smallest absolute Gasteiger partial charge is 0.332 e. The normalized spacial score (nSPS) is 11.2. The minimum Gasteiger partial charge on any atom is -0.384 e. The van der Waals surface area contributed by atoms with Crippen LogP contribution in [0.15, 0.2) is 63.5 Å². The van der Waals surface area contributed by atoms with Gasteiger partial charge in [-0.3, -0.25) is 28.3 Å². The van der Waals surface area contributed by atoms with E-state index in [0.717, 1.165) is 37.7 Å². The van der Waals surface area contributed by atoms with Gasteiger partial charge in [0.2, 0.25) is 0 Å². The van der Waals surface area contributed by atoms with Crippen molar-refractivity contribution in [2.75, 3.05) is 11.5 Å². The number of anilines is 1. The van der Waals surface area contributed by atoms with E-state index in [4.69, 9.17) is 5.73 Å². The molecule has 0 amide bonds. The van der Waals surface area contributed by atoms with E-state index in [1.54, 1.807) is 12.4 Å². The standard InChI is InChI=1S/C24H25N7O3S/c1-14(2)16-9-5-6-10-17(16)31-21(15-8-7-11-26-12-15)27-28-23(31)35-13-18(32)19-20(25)29(3)24(34)30(4)22(19)33/h5-12,14H,13,25H2,1-4H3. The lowest BCUT2D eigenvalue weighted by Crippen LogP contribution is -2.41. The van der Waals surface area contributed by atoms with Gasteiger partial charge in [-0.05, 0) is 29.7 Å². The van der Waals surface area contributed by atoms with Crippen LogP contribution in [0.4, 0.5) is 5.82 Å². The number of carbonyl (C=O) groups is 1. The van der Waals surface area contributed by atoms with Gasteiger partial charge >= 0.3 is 5.69 Å². The van der Waals surface area contributed by atoms with Gasteiger partial charge in [0, 0.05) is 32.1 Å². The molecule has 0 unspecified atom stereocenters. The van der Waals surface area contributed by atoms with Crippen molar-refractivity contribution in [1.29, 1.82) is 0 Å². The number of pyridine rings is 1. The topological polar surface area (TPSA) is 131 Å². The number of thioether (sulfide) groups is 1. The molecule has 0 saturated carbocycles. The molecule has 11 heteroatoms. The Morgan fingerprint density at radius 2 is 1.80 bits per heavy atom. The molecule has 0 saturated heterocycles. The van der Waals surface area contributed by atoms with Gasteiger partial charge in [-0.25, -0.2) is 4.79 Å². The van der Waals surface area contributed by atoms with Crippen LogP contribution < -0.4 is 17.0 Å². The highest BCUT2D eigenvalue weighted by atomic mass is 32.2. The van der Waals surface area contributed by atoms with Crippen LogP contribution in [-0.2, 0) is 14.1 Å². The summed E-state index contributed by atoms with van der Waals surface area (Å²) in [5, 5.41) is 9.23. The third-order valence-electron chi connectivity index (χ3n) is 5.67. The Bertz CT molecular complexity index is 1520. The summed E-state index contributed by atoms with van der Waals surface area (Å²) in [7, 11) is 2.73. The van der Waals surface area contributed by atoms with Crippen molar-refractivity contribution in [2.24, 2.45) is 14.1 Å². The predicted molar refractivity (Wildman–Crippen MR) is 135 cm³/mol. The molecule has 3 aromatic heterocycles. The van der Waals surface area contributed by atoms with Crippen LogP contribution >= 0.6 is 11.8 Å². The average molecular weight is 492 g/mol. The lowest BCUT2D eigenvalue weighted by Gasteiger charge is -2.17. The van der Waals surface area contributed by atoms with Crippen molar-refractivity contribution >= 4 is 23.4 Å². The predicted octanol–water partition coefficient (Wildman–Crippen LogP) is 2.41. The molecule has 180 valence electrons. The fourth-order valence-corrected chi connectivity index (χ4v) is 4.58. The van der Waals surface area contributed by atoms with E-state index in [1.165, 1.54) is 14.1 Å². The van der Waals surface area contributed by atoms with Crippen LogP contribution in [0.2, 0.25) is 0 Å². The fourth-order valence-electron chi connectivity index (χ4n) is 3.77. The third-order valence-corrected chi connectivity index (χ3v) is 6.60. The molecule has 0 radical (unpaired) electrons. The Morgan fingerprint density at radius 1 is 1.06 bits per heavy atom. The quantitative estimate of drug-likeness (QED) is 0.308. The van der Waals surface area contributed by atoms with E-state index in [1.807, 2.05) is 41.0 Å². The van der Waals surface area contributed by atoms with Gasteiger partial charge in [0.05, 0.1) is 11.4 Å². The fraction of sp³-hybridized carbons (Fsp3) is 0.250. The molecule has 10 nitrogen and oxygen atoms in total. The number of rotatable bonds is 7. The maximum absolute atomic E-state index is 13.1. The maximum atomic E-state index is 13.1. The number of Topliss-reactive ketones (excluding diaryl/α,β-unsaturated/α-hetero) is 1. The highest BCUT2D eigenvalue weighted by molar-refractivity contribution is 7.99. The SMILES string of the molecule is CC(C)c1ccccc1-n1c(SCC(=O)c2c(N)n(C)c(=O)n(C)c2=O)nnc1-c1cccnc1. The first-order chi connectivity index (χ1) is 16.7. The summed E-state index contributed by atoms with van der Waals surface area (Å²) in [5.41, 5.74) is 7.16. The molecule has 0 spiro atoms. The maximum Gasteiger partial charge on any atom is 0.332 e. The number of hydrogen-bond acceptors (Lipinski definition) is 8. The van der Waals surface area contributed by atoms with Gasteiger partial charge in [-0.2, -0.15) is 0 Å². The Morgan fingerprint density at radius 3 is 2.49 bits per heavy atom. The van der Waals surface area contributed by atoms with E-state index in [2.05, 4.69) is 29.0 Å². The number of nitrogens with zero attached hydrogens (tertiary/aromatic N) is 6. The second kappa shape index (κ2) is 9.71. The van der Waals surface area contributed by atoms with Crippen LogP contribution in [0.25, 0.3) is 17.1 Å². The number of carbonyl (C=O) groups excluding carboxylic acids is 1. The molecule has 1 aromatic carbocycles. The first-order valence-electron chi connectivity index (χ1n) is 10.9. The molecule has 0 fully saturated rings. The number of para-hydroxylation sites is 1. The van der Waals surface area contributed by atoms with Gasteiger partial charge in [-0.1, -0.05) is 43.8 Å². The summed E-state index contributed by atoms with van der Waals surface area (Å²) in [6.45, 7) is 4.20. The first-order valence-corrected chi connectivity index (χ1v) is 11.9. The van der Waals surface area contributed by atoms with Crippen LogP contribution in [0.1, 0.15) is 35.7 Å². The molecule has 3 heterocycles. The molecule has 0 atom stereocenters. The molecule has 35 heavy (non-hydrogen) atoms. The summed E-state index contributed by atoms with van der Waals surface area (Å²) < 4.78 is 3.85. The van der Waals surface area contributed by atoms with E-state index < -0.39 is 17.0 Å². The van der Waals surface area contributed by atoms with E-state index in [-0.39, 0.29) is 23.1 Å². The number of ketones is 1. The van der Waals surface area contributed by atoms with Gasteiger partial charge in [0.25, 0.3) is 5.56 Å². The molecule has 0 aliphatic carbocycles. The van der Waals surface area contributed by atoms with Crippen LogP contribution in [-0.4, -0.2) is 40.4 Å². The number of aromatic nitrogens is 6. The van der Waals surface area contributed by atoms with Crippen LogP contribution in [0, 0.1) is 0 Å². The van der Waals surface area contributed by atoms with Crippen molar-refractivity contribution in [1.82, 2.24) is 28.9 Å². The molecule has 4 rings (SSSR count). The summed E-state index contributed by atoms with van der Waals surface area (Å²) in [6, 6.07) is 11.6. The second-order valence-corrected chi connectivity index (χ2v) is 9.22. The summed E-state index contributed by atoms with van der Waals surface area (Å²) >= 11 is 1.14. The minimum atomic E-state index is -0.723. The molecule has 0 aliphatic heterocycles. The minimum absolute atomic E-state index is 0.118. The summed E-state index contributed by atoms with van der Waals surface area (Å²) in [5.74, 6) is 0.0266.